The summed E-state index contributed by atoms with van der Waals surface area (Å²) >= 11 is 6.59. The molecule has 37 heavy (non-hydrogen) atoms. The van der Waals surface area contributed by atoms with Crippen molar-refractivity contribution >= 4 is 23.4 Å². The first-order valence-corrected chi connectivity index (χ1v) is 12.1. The zero-order chi connectivity index (χ0) is 26.4. The summed E-state index contributed by atoms with van der Waals surface area (Å²) in [4.78, 5) is 26.9. The van der Waals surface area contributed by atoms with Crippen LogP contribution >= 0.6 is 11.6 Å². The summed E-state index contributed by atoms with van der Waals surface area (Å²) in [6.45, 7) is 0.635. The van der Waals surface area contributed by atoms with Crippen LogP contribution in [0.25, 0.3) is 0 Å². The summed E-state index contributed by atoms with van der Waals surface area (Å²) < 4.78 is 29.2. The number of ether oxygens (including phenoxy) is 5. The standard InChI is InChI=1S/C24H23ClO12/c1-7-14(28)22-18(33-2)19(31)34-12(6-26)8-3-9-13(10(25)4-8)16(30)21-5-11(27)15(29)23(9,21)37-24(32,17(7)35-21)20(22)36-22/h3-4,11-12,15-16,18,20,26-27,29-30,32H,5-6H2,1-2H3/t11-,12+,15-,16+,18+,20?,21?,22?,23?,24?/m1/s1. The minimum Gasteiger partial charge on any atom is -0.479 e. The molecule has 198 valence electrons. The lowest BCUT2D eigenvalue weighted by atomic mass is 9.75. The van der Waals surface area contributed by atoms with Crippen molar-refractivity contribution in [2.24, 2.45) is 0 Å². The average Bonchev–Trinajstić information content (AvgIpc) is 3.53. The number of Topliss-reactive ketones (excluding diaryl/α,β-unsaturated/α-hetero) is 1. The quantitative estimate of drug-likeness (QED) is 0.224. The number of aliphatic hydroxyl groups is 5. The predicted molar refractivity (Wildman–Crippen MR) is 117 cm³/mol. The Morgan fingerprint density at radius 2 is 1.95 bits per heavy atom. The molecule has 5 N–H and O–H groups in total. The number of carbonyl (C=O) groups excluding carboxylic acids is 2. The number of hydrogen-bond acceptors (Lipinski definition) is 12. The van der Waals surface area contributed by atoms with E-state index in [1.54, 1.807) is 0 Å². The molecule has 6 aliphatic rings. The average molecular weight is 539 g/mol. The van der Waals surface area contributed by atoms with Crippen molar-refractivity contribution in [1.82, 2.24) is 0 Å². The number of carbonyl (C=O) groups is 2. The summed E-state index contributed by atoms with van der Waals surface area (Å²) in [6.07, 6.45) is -9.63. The lowest BCUT2D eigenvalue weighted by Gasteiger charge is -2.54. The summed E-state index contributed by atoms with van der Waals surface area (Å²) in [5, 5.41) is 55.9. The van der Waals surface area contributed by atoms with Crippen molar-refractivity contribution in [3.8, 4) is 0 Å². The molecule has 13 heteroatoms. The predicted octanol–water partition coefficient (Wildman–Crippen LogP) is -1.22. The highest BCUT2D eigenvalue weighted by Crippen LogP contribution is 2.71. The van der Waals surface area contributed by atoms with E-state index in [1.165, 1.54) is 19.1 Å². The number of hydrogen-bond donors (Lipinski definition) is 5. The van der Waals surface area contributed by atoms with Crippen LogP contribution in [0.2, 0.25) is 5.02 Å². The fourth-order valence-corrected chi connectivity index (χ4v) is 7.49. The molecule has 0 radical (unpaired) electrons. The molecular formula is C24H23ClO12. The third-order valence-electron chi connectivity index (χ3n) is 8.79. The molecule has 3 heterocycles. The maximum atomic E-state index is 13.6. The molecular weight excluding hydrogens is 516 g/mol. The second kappa shape index (κ2) is 6.89. The first-order valence-electron chi connectivity index (χ1n) is 11.7. The zero-order valence-corrected chi connectivity index (χ0v) is 20.3. The minimum absolute atomic E-state index is 0.0208. The Hall–Kier alpha value is -2.13. The van der Waals surface area contributed by atoms with Gasteiger partial charge in [0.2, 0.25) is 0 Å². The third kappa shape index (κ3) is 2.32. The number of halogens is 1. The van der Waals surface area contributed by atoms with Crippen LogP contribution in [0.3, 0.4) is 0 Å². The number of benzene rings is 1. The molecule has 10 atom stereocenters. The Balaban J connectivity index is 1.60. The van der Waals surface area contributed by atoms with Gasteiger partial charge in [-0.1, -0.05) is 11.6 Å². The van der Waals surface area contributed by atoms with E-state index < -0.39 is 77.6 Å². The van der Waals surface area contributed by atoms with E-state index in [1.807, 2.05) is 0 Å². The van der Waals surface area contributed by atoms with E-state index in [2.05, 4.69) is 0 Å². The molecule has 7 rings (SSSR count). The van der Waals surface area contributed by atoms with Crippen molar-refractivity contribution in [3.63, 3.8) is 0 Å². The van der Waals surface area contributed by atoms with Gasteiger partial charge in [-0.15, -0.1) is 0 Å². The molecule has 3 aliphatic heterocycles. The van der Waals surface area contributed by atoms with Crippen molar-refractivity contribution in [1.29, 1.82) is 0 Å². The van der Waals surface area contributed by atoms with E-state index in [9.17, 15) is 35.1 Å². The number of epoxide rings is 1. The summed E-state index contributed by atoms with van der Waals surface area (Å²) in [7, 11) is 1.15. The molecule has 5 unspecified atom stereocenters. The number of esters is 1. The molecule has 0 amide bonds. The molecule has 3 fully saturated rings. The van der Waals surface area contributed by atoms with Gasteiger partial charge in [-0.3, -0.25) is 4.79 Å². The van der Waals surface area contributed by atoms with Crippen LogP contribution in [0.4, 0.5) is 0 Å². The molecule has 1 aromatic rings. The first kappa shape index (κ1) is 23.9. The first-order chi connectivity index (χ1) is 17.4. The maximum Gasteiger partial charge on any atom is 0.339 e. The lowest BCUT2D eigenvalue weighted by molar-refractivity contribution is -0.380. The highest BCUT2D eigenvalue weighted by molar-refractivity contribution is 6.31. The van der Waals surface area contributed by atoms with Crippen LogP contribution in [0.15, 0.2) is 23.5 Å². The smallest absolute Gasteiger partial charge is 0.339 e. The SMILES string of the molecule is CO[C@H]1C(=O)O[C@@H](CO)c2cc(Cl)c3c(c2)C24OC5(O)C(=C(C)C(=O)C16OC56)OC2(C[C@@H](O)[C@H]4O)[C@H]3O. The summed E-state index contributed by atoms with van der Waals surface area (Å²) in [5.41, 5.74) is -5.89. The van der Waals surface area contributed by atoms with Gasteiger partial charge in [0.25, 0.3) is 5.79 Å². The van der Waals surface area contributed by atoms with Gasteiger partial charge in [0.05, 0.1) is 12.7 Å². The minimum atomic E-state index is -2.54. The Bertz CT molecular complexity index is 1330. The molecule has 2 saturated heterocycles. The highest BCUT2D eigenvalue weighted by atomic mass is 35.5. The zero-order valence-electron chi connectivity index (χ0n) is 19.5. The highest BCUT2D eigenvalue weighted by Gasteiger charge is 2.88. The Morgan fingerprint density at radius 3 is 2.62 bits per heavy atom. The molecule has 5 bridgehead atoms. The van der Waals surface area contributed by atoms with Crippen LogP contribution in [-0.4, -0.2) is 92.4 Å². The van der Waals surface area contributed by atoms with Gasteiger partial charge in [-0.05, 0) is 30.2 Å². The maximum absolute atomic E-state index is 13.6. The fourth-order valence-electron chi connectivity index (χ4n) is 7.16. The van der Waals surface area contributed by atoms with Gasteiger partial charge in [0.1, 0.15) is 18.3 Å². The van der Waals surface area contributed by atoms with Crippen LogP contribution in [0.5, 0.6) is 0 Å². The van der Waals surface area contributed by atoms with Crippen molar-refractivity contribution in [3.05, 3.63) is 45.2 Å². The van der Waals surface area contributed by atoms with Gasteiger partial charge in [0.15, 0.2) is 40.6 Å². The van der Waals surface area contributed by atoms with Crippen LogP contribution in [-0.2, 0) is 38.9 Å². The van der Waals surface area contributed by atoms with Gasteiger partial charge in [-0.25, -0.2) is 4.79 Å². The number of rotatable bonds is 2. The number of fused-ring (bicyclic) bond motifs is 1. The molecule has 1 spiro atoms. The van der Waals surface area contributed by atoms with Crippen LogP contribution in [0, 0.1) is 0 Å². The second-order valence-corrected chi connectivity index (χ2v) is 10.8. The Labute approximate surface area is 213 Å². The van der Waals surface area contributed by atoms with Crippen LogP contribution < -0.4 is 0 Å². The lowest BCUT2D eigenvalue weighted by Crippen LogP contribution is -2.69. The Morgan fingerprint density at radius 1 is 1.22 bits per heavy atom. The summed E-state index contributed by atoms with van der Waals surface area (Å²) in [5.74, 6) is -4.70. The number of cyclic esters (lactones) is 1. The monoisotopic (exact) mass is 538 g/mol. The van der Waals surface area contributed by atoms with Gasteiger partial charge >= 0.3 is 5.97 Å². The van der Waals surface area contributed by atoms with Crippen molar-refractivity contribution < 1.29 is 58.8 Å². The van der Waals surface area contributed by atoms with E-state index in [4.69, 9.17) is 35.3 Å². The van der Waals surface area contributed by atoms with E-state index in [-0.39, 0.29) is 39.5 Å². The molecule has 1 aromatic carbocycles. The van der Waals surface area contributed by atoms with E-state index >= 15 is 0 Å². The van der Waals surface area contributed by atoms with Gasteiger partial charge in [0, 0.05) is 29.7 Å². The number of ketones is 1. The van der Waals surface area contributed by atoms with Gasteiger partial charge < -0.3 is 49.2 Å². The normalized spacial score (nSPS) is 48.8. The molecule has 3 aliphatic carbocycles. The molecule has 0 aromatic heterocycles. The van der Waals surface area contributed by atoms with Crippen molar-refractivity contribution in [2.75, 3.05) is 13.7 Å². The molecule has 12 nitrogen and oxygen atoms in total. The number of methoxy groups -OCH3 is 1. The van der Waals surface area contributed by atoms with Crippen LogP contribution in [0.1, 0.15) is 42.2 Å². The largest absolute Gasteiger partial charge is 0.479 e. The second-order valence-electron chi connectivity index (χ2n) is 10.4. The van der Waals surface area contributed by atoms with E-state index in [0.29, 0.717) is 0 Å². The van der Waals surface area contributed by atoms with E-state index in [0.717, 1.165) is 7.11 Å². The Kier molecular flexibility index (Phi) is 4.46. The molecule has 1 saturated carbocycles. The topological polar surface area (TPSA) is 185 Å². The fraction of sp³-hybridized carbons (Fsp3) is 0.583. The van der Waals surface area contributed by atoms with Gasteiger partial charge in [-0.2, -0.15) is 0 Å². The van der Waals surface area contributed by atoms with Crippen molar-refractivity contribution in [2.45, 2.75) is 72.6 Å². The third-order valence-corrected chi connectivity index (χ3v) is 9.10. The summed E-state index contributed by atoms with van der Waals surface area (Å²) in [6, 6.07) is 2.79. The number of aliphatic hydroxyl groups excluding tert-OH is 4.